The predicted molar refractivity (Wildman–Crippen MR) is 79.2 cm³/mol. The molecule has 0 aliphatic heterocycles. The van der Waals surface area contributed by atoms with Gasteiger partial charge in [0.25, 0.3) is 0 Å². The van der Waals surface area contributed by atoms with Gasteiger partial charge in [0.05, 0.1) is 5.69 Å². The summed E-state index contributed by atoms with van der Waals surface area (Å²) < 4.78 is 1.98. The molecule has 2 aromatic rings. The van der Waals surface area contributed by atoms with Crippen LogP contribution in [-0.4, -0.2) is 9.78 Å². The van der Waals surface area contributed by atoms with Gasteiger partial charge in [0.15, 0.2) is 0 Å². The Morgan fingerprint density at radius 2 is 1.79 bits per heavy atom. The van der Waals surface area contributed by atoms with Gasteiger partial charge in [-0.05, 0) is 39.3 Å². The lowest BCUT2D eigenvalue weighted by Crippen LogP contribution is -2.14. The molecule has 0 amide bonds. The monoisotopic (exact) mass is 257 g/mol. The summed E-state index contributed by atoms with van der Waals surface area (Å²) in [5, 5.41) is 4.56. The van der Waals surface area contributed by atoms with Crippen LogP contribution in [0.1, 0.15) is 48.3 Å². The number of aromatic nitrogens is 2. The van der Waals surface area contributed by atoms with Crippen molar-refractivity contribution in [3.8, 4) is 0 Å². The van der Waals surface area contributed by atoms with Gasteiger partial charge in [-0.15, -0.1) is 0 Å². The first-order valence-corrected chi connectivity index (χ1v) is 6.83. The van der Waals surface area contributed by atoms with Crippen LogP contribution in [0.4, 0.5) is 0 Å². The Morgan fingerprint density at radius 1 is 1.16 bits per heavy atom. The third kappa shape index (κ3) is 3.44. The SMILES string of the molecule is Cc1cc(C)cc(C(N)Cc2ccn(C(C)C)n2)c1. The maximum Gasteiger partial charge on any atom is 0.0643 e. The maximum atomic E-state index is 6.30. The van der Waals surface area contributed by atoms with Crippen molar-refractivity contribution in [3.63, 3.8) is 0 Å². The van der Waals surface area contributed by atoms with Crippen LogP contribution in [-0.2, 0) is 6.42 Å². The van der Waals surface area contributed by atoms with Gasteiger partial charge in [-0.1, -0.05) is 29.3 Å². The van der Waals surface area contributed by atoms with Crippen molar-refractivity contribution in [2.45, 2.75) is 46.2 Å². The van der Waals surface area contributed by atoms with Crippen LogP contribution in [0, 0.1) is 13.8 Å². The zero-order valence-corrected chi connectivity index (χ0v) is 12.2. The summed E-state index contributed by atoms with van der Waals surface area (Å²) in [7, 11) is 0. The highest BCUT2D eigenvalue weighted by atomic mass is 15.3. The Hall–Kier alpha value is -1.61. The van der Waals surface area contributed by atoms with E-state index in [1.54, 1.807) is 0 Å². The quantitative estimate of drug-likeness (QED) is 0.913. The zero-order valence-electron chi connectivity index (χ0n) is 12.2. The van der Waals surface area contributed by atoms with E-state index in [4.69, 9.17) is 5.73 Å². The van der Waals surface area contributed by atoms with Gasteiger partial charge in [-0.2, -0.15) is 5.10 Å². The van der Waals surface area contributed by atoms with Crippen molar-refractivity contribution in [2.75, 3.05) is 0 Å². The zero-order chi connectivity index (χ0) is 14.0. The second-order valence-corrected chi connectivity index (χ2v) is 5.61. The molecule has 0 fully saturated rings. The Morgan fingerprint density at radius 3 is 2.32 bits per heavy atom. The molecular weight excluding hydrogens is 234 g/mol. The molecule has 1 aromatic carbocycles. The average Bonchev–Trinajstić information content (AvgIpc) is 2.76. The molecule has 2 rings (SSSR count). The van der Waals surface area contributed by atoms with E-state index in [0.29, 0.717) is 6.04 Å². The fraction of sp³-hybridized carbons (Fsp3) is 0.438. The lowest BCUT2D eigenvalue weighted by Gasteiger charge is -2.12. The van der Waals surface area contributed by atoms with Crippen LogP contribution in [0.25, 0.3) is 0 Å². The van der Waals surface area contributed by atoms with E-state index < -0.39 is 0 Å². The molecule has 0 spiro atoms. The molecule has 3 nitrogen and oxygen atoms in total. The van der Waals surface area contributed by atoms with Gasteiger partial charge in [0, 0.05) is 24.7 Å². The molecule has 0 saturated heterocycles. The van der Waals surface area contributed by atoms with Gasteiger partial charge in [0.1, 0.15) is 0 Å². The molecule has 1 unspecified atom stereocenters. The fourth-order valence-corrected chi connectivity index (χ4v) is 2.34. The molecule has 1 heterocycles. The minimum Gasteiger partial charge on any atom is -0.324 e. The predicted octanol–water partition coefficient (Wildman–Crippen LogP) is 3.32. The van der Waals surface area contributed by atoms with Crippen molar-refractivity contribution >= 4 is 0 Å². The molecule has 1 aromatic heterocycles. The minimum atomic E-state index is 0.00844. The smallest absolute Gasteiger partial charge is 0.0643 e. The van der Waals surface area contributed by atoms with Crippen LogP contribution in [0.5, 0.6) is 0 Å². The lowest BCUT2D eigenvalue weighted by molar-refractivity contribution is 0.522. The van der Waals surface area contributed by atoms with Crippen molar-refractivity contribution in [3.05, 3.63) is 52.8 Å². The van der Waals surface area contributed by atoms with E-state index >= 15 is 0 Å². The molecule has 1 atom stereocenters. The van der Waals surface area contributed by atoms with Crippen LogP contribution < -0.4 is 5.73 Å². The summed E-state index contributed by atoms with van der Waals surface area (Å²) in [5.74, 6) is 0. The Labute approximate surface area is 115 Å². The molecular formula is C16H23N3. The fourth-order valence-electron chi connectivity index (χ4n) is 2.34. The summed E-state index contributed by atoms with van der Waals surface area (Å²) in [4.78, 5) is 0. The van der Waals surface area contributed by atoms with E-state index in [1.807, 2.05) is 10.9 Å². The molecule has 0 saturated carbocycles. The first kappa shape index (κ1) is 13.8. The number of benzene rings is 1. The lowest BCUT2D eigenvalue weighted by atomic mass is 9.99. The van der Waals surface area contributed by atoms with Crippen LogP contribution in [0.2, 0.25) is 0 Å². The second kappa shape index (κ2) is 5.57. The van der Waals surface area contributed by atoms with E-state index in [1.165, 1.54) is 16.7 Å². The second-order valence-electron chi connectivity index (χ2n) is 5.61. The highest BCUT2D eigenvalue weighted by Crippen LogP contribution is 2.18. The number of nitrogens with two attached hydrogens (primary N) is 1. The highest BCUT2D eigenvalue weighted by molar-refractivity contribution is 5.31. The van der Waals surface area contributed by atoms with E-state index in [-0.39, 0.29) is 6.04 Å². The summed E-state index contributed by atoms with van der Waals surface area (Å²) in [6.45, 7) is 8.47. The molecule has 0 aliphatic carbocycles. The molecule has 0 radical (unpaired) electrons. The molecule has 0 bridgehead atoms. The first-order valence-electron chi connectivity index (χ1n) is 6.83. The summed E-state index contributed by atoms with van der Waals surface area (Å²) in [5.41, 5.74) is 11.1. The van der Waals surface area contributed by atoms with Gasteiger partial charge in [0.2, 0.25) is 0 Å². The van der Waals surface area contributed by atoms with Gasteiger partial charge < -0.3 is 5.73 Å². The summed E-state index contributed by atoms with van der Waals surface area (Å²) in [6.07, 6.45) is 2.80. The van der Waals surface area contributed by atoms with Crippen molar-refractivity contribution in [1.29, 1.82) is 0 Å². The molecule has 19 heavy (non-hydrogen) atoms. The standard InChI is InChI=1S/C16H23N3/c1-11(2)19-6-5-15(18-19)10-16(17)14-8-12(3)7-13(4)9-14/h5-9,11,16H,10,17H2,1-4H3. The molecule has 2 N–H and O–H groups in total. The van der Waals surface area contributed by atoms with Crippen molar-refractivity contribution in [2.24, 2.45) is 5.73 Å². The highest BCUT2D eigenvalue weighted by Gasteiger charge is 2.11. The summed E-state index contributed by atoms with van der Waals surface area (Å²) in [6, 6.07) is 8.96. The van der Waals surface area contributed by atoms with Gasteiger partial charge in [-0.3, -0.25) is 4.68 Å². The third-order valence-corrected chi connectivity index (χ3v) is 3.29. The van der Waals surface area contributed by atoms with E-state index in [0.717, 1.165) is 12.1 Å². The van der Waals surface area contributed by atoms with Crippen LogP contribution >= 0.6 is 0 Å². The molecule has 102 valence electrons. The third-order valence-electron chi connectivity index (χ3n) is 3.29. The first-order chi connectivity index (χ1) is 8.95. The number of aryl methyl sites for hydroxylation is 2. The topological polar surface area (TPSA) is 43.8 Å². The maximum absolute atomic E-state index is 6.30. The Kier molecular flexibility index (Phi) is 4.05. The number of hydrogen-bond acceptors (Lipinski definition) is 2. The van der Waals surface area contributed by atoms with Crippen LogP contribution in [0.3, 0.4) is 0 Å². The average molecular weight is 257 g/mol. The van der Waals surface area contributed by atoms with Crippen LogP contribution in [0.15, 0.2) is 30.5 Å². The van der Waals surface area contributed by atoms with E-state index in [9.17, 15) is 0 Å². The van der Waals surface area contributed by atoms with Crippen molar-refractivity contribution in [1.82, 2.24) is 9.78 Å². The van der Waals surface area contributed by atoms with Gasteiger partial charge in [-0.25, -0.2) is 0 Å². The number of hydrogen-bond donors (Lipinski definition) is 1. The minimum absolute atomic E-state index is 0.00844. The van der Waals surface area contributed by atoms with Gasteiger partial charge >= 0.3 is 0 Å². The number of rotatable bonds is 4. The Balaban J connectivity index is 2.13. The van der Waals surface area contributed by atoms with Crippen molar-refractivity contribution < 1.29 is 0 Å². The molecule has 3 heteroatoms. The number of nitrogens with zero attached hydrogens (tertiary/aromatic N) is 2. The summed E-state index contributed by atoms with van der Waals surface area (Å²) >= 11 is 0. The van der Waals surface area contributed by atoms with E-state index in [2.05, 4.69) is 57.1 Å². The normalized spacial score (nSPS) is 12.9. The largest absolute Gasteiger partial charge is 0.324 e. The molecule has 0 aliphatic rings. The Bertz CT molecular complexity index is 535.